The summed E-state index contributed by atoms with van der Waals surface area (Å²) in [7, 11) is 1.79. The van der Waals surface area contributed by atoms with E-state index in [9.17, 15) is 14.4 Å². The molecule has 3 fully saturated rings. The molecule has 11 heteroatoms. The Morgan fingerprint density at radius 2 is 1.74 bits per heavy atom. The number of aromatic nitrogens is 2. The molecule has 1 saturated carbocycles. The summed E-state index contributed by atoms with van der Waals surface area (Å²) in [4.78, 5) is 41.9. The van der Waals surface area contributed by atoms with Crippen LogP contribution < -0.4 is 10.2 Å². The maximum Gasteiger partial charge on any atom is 0.410 e. The maximum absolute atomic E-state index is 15.4. The summed E-state index contributed by atoms with van der Waals surface area (Å²) in [6.07, 6.45) is 3.67. The number of nitrogens with one attached hydrogen (secondary N) is 1. The lowest BCUT2D eigenvalue weighted by Crippen LogP contribution is -2.53. The van der Waals surface area contributed by atoms with E-state index in [-0.39, 0.29) is 36.7 Å². The highest BCUT2D eigenvalue weighted by Crippen LogP contribution is 2.39. The lowest BCUT2D eigenvalue weighted by Gasteiger charge is -2.42. The van der Waals surface area contributed by atoms with E-state index in [2.05, 4.69) is 15.3 Å². The Morgan fingerprint density at radius 1 is 1.05 bits per heavy atom. The minimum Gasteiger partial charge on any atom is -0.444 e. The Kier molecular flexibility index (Phi) is 7.06. The van der Waals surface area contributed by atoms with Crippen molar-refractivity contribution in [1.82, 2.24) is 24.9 Å². The number of urea groups is 1. The van der Waals surface area contributed by atoms with E-state index in [0.29, 0.717) is 35.9 Å². The fourth-order valence-corrected chi connectivity index (χ4v) is 5.90. The molecule has 2 aromatic rings. The highest BCUT2D eigenvalue weighted by Gasteiger charge is 2.33. The number of carbonyl (C=O) groups excluding carboxylic acids is 3. The van der Waals surface area contributed by atoms with Crippen molar-refractivity contribution < 1.29 is 23.5 Å². The molecular weight excluding hydrogens is 491 g/mol. The molecule has 1 aromatic carbocycles. The van der Waals surface area contributed by atoms with Crippen LogP contribution in [0.15, 0.2) is 12.1 Å². The molecule has 4 amide bonds. The van der Waals surface area contributed by atoms with Crippen molar-refractivity contribution in [1.29, 1.82) is 0 Å². The largest absolute Gasteiger partial charge is 0.444 e. The van der Waals surface area contributed by atoms with Gasteiger partial charge in [0.15, 0.2) is 5.82 Å². The van der Waals surface area contributed by atoms with E-state index < -0.39 is 11.6 Å². The molecule has 0 unspecified atom stereocenters. The summed E-state index contributed by atoms with van der Waals surface area (Å²) in [5, 5.41) is 7.36. The number of amides is 4. The van der Waals surface area contributed by atoms with Crippen LogP contribution in [0.25, 0.3) is 10.9 Å². The number of fused-ring (bicyclic) bond motifs is 1. The molecular formula is C27H37FN6O4. The Labute approximate surface area is 222 Å². The van der Waals surface area contributed by atoms with Crippen LogP contribution in [0, 0.1) is 5.82 Å². The van der Waals surface area contributed by atoms with Gasteiger partial charge in [-0.3, -0.25) is 24.6 Å². The van der Waals surface area contributed by atoms with Crippen molar-refractivity contribution in [2.75, 3.05) is 37.6 Å². The van der Waals surface area contributed by atoms with Crippen molar-refractivity contribution >= 4 is 34.8 Å². The molecule has 10 nitrogen and oxygen atoms in total. The molecule has 0 atom stereocenters. The topological polar surface area (TPSA) is 100 Å². The summed E-state index contributed by atoms with van der Waals surface area (Å²) in [5.74, 6) is -0.115. The summed E-state index contributed by atoms with van der Waals surface area (Å²) in [6, 6.07) is 3.26. The molecule has 2 aliphatic heterocycles. The quantitative estimate of drug-likeness (QED) is 0.652. The second-order valence-electron chi connectivity index (χ2n) is 11.6. The van der Waals surface area contributed by atoms with E-state index in [1.807, 2.05) is 26.8 Å². The molecule has 0 bridgehead atoms. The second-order valence-corrected chi connectivity index (χ2v) is 11.6. The number of anilines is 1. The molecule has 2 saturated heterocycles. The fourth-order valence-electron chi connectivity index (χ4n) is 5.90. The van der Waals surface area contributed by atoms with E-state index in [1.165, 1.54) is 11.0 Å². The van der Waals surface area contributed by atoms with Crippen LogP contribution in [0.3, 0.4) is 0 Å². The minimum atomic E-state index is -0.531. The fraction of sp³-hybridized carbons (Fsp3) is 0.630. The molecule has 3 heterocycles. The minimum absolute atomic E-state index is 0.118. The summed E-state index contributed by atoms with van der Waals surface area (Å²) >= 11 is 0. The number of aryl methyl sites for hydroxylation is 1. The Hall–Kier alpha value is -3.21. The van der Waals surface area contributed by atoms with Crippen molar-refractivity contribution in [3.8, 4) is 0 Å². The SMILES string of the molecule is Cn1nc(N2CCC(=O)NC2=O)c2cc(F)c(C3CCC(N4CCN(C(=O)OC(C)(C)C)CC4)CC3)cc21. The van der Waals surface area contributed by atoms with E-state index in [4.69, 9.17) is 4.74 Å². The molecule has 0 radical (unpaired) electrons. The van der Waals surface area contributed by atoms with Crippen LogP contribution in [-0.4, -0.2) is 82.0 Å². The van der Waals surface area contributed by atoms with Gasteiger partial charge in [0.25, 0.3) is 0 Å². The van der Waals surface area contributed by atoms with Gasteiger partial charge in [-0.2, -0.15) is 5.10 Å². The van der Waals surface area contributed by atoms with E-state index in [0.717, 1.165) is 44.3 Å². The summed E-state index contributed by atoms with van der Waals surface area (Å²) < 4.78 is 22.6. The van der Waals surface area contributed by atoms with Gasteiger partial charge in [-0.15, -0.1) is 0 Å². The van der Waals surface area contributed by atoms with Gasteiger partial charge in [0, 0.05) is 57.6 Å². The number of carbonyl (C=O) groups is 3. The van der Waals surface area contributed by atoms with Gasteiger partial charge in [-0.1, -0.05) is 0 Å². The average Bonchev–Trinajstić information content (AvgIpc) is 3.17. The molecule has 1 aliphatic carbocycles. The molecule has 5 rings (SSSR count). The number of piperazine rings is 1. The first-order chi connectivity index (χ1) is 18.0. The van der Waals surface area contributed by atoms with Crippen LogP contribution in [0.5, 0.6) is 0 Å². The number of benzene rings is 1. The van der Waals surface area contributed by atoms with Gasteiger partial charge in [0.2, 0.25) is 5.91 Å². The Morgan fingerprint density at radius 3 is 2.37 bits per heavy atom. The number of hydrogen-bond acceptors (Lipinski definition) is 6. The van der Waals surface area contributed by atoms with E-state index in [1.54, 1.807) is 16.6 Å². The average molecular weight is 529 g/mol. The van der Waals surface area contributed by atoms with Crippen LogP contribution in [0.1, 0.15) is 64.4 Å². The standard InChI is InChI=1S/C27H37FN6O4/c1-27(2,3)38-26(37)33-13-11-32(12-14-33)18-7-5-17(6-8-18)19-16-22-20(15-21(19)28)24(30-31(22)4)34-10-9-23(35)29-25(34)36/h15-18H,5-14H2,1-4H3,(H,29,35,36). The Balaban J connectivity index is 1.22. The van der Waals surface area contributed by atoms with Crippen molar-refractivity contribution in [2.24, 2.45) is 7.05 Å². The number of ether oxygens (including phenoxy) is 1. The van der Waals surface area contributed by atoms with Gasteiger partial charge in [-0.25, -0.2) is 14.0 Å². The first-order valence-corrected chi connectivity index (χ1v) is 13.5. The molecule has 3 aliphatic rings. The molecule has 206 valence electrons. The monoisotopic (exact) mass is 528 g/mol. The highest BCUT2D eigenvalue weighted by molar-refractivity contribution is 6.08. The Bertz CT molecular complexity index is 1240. The molecule has 1 aromatic heterocycles. The van der Waals surface area contributed by atoms with Crippen LogP contribution in [0.2, 0.25) is 0 Å². The van der Waals surface area contributed by atoms with Crippen molar-refractivity contribution in [2.45, 2.75) is 70.4 Å². The number of hydrogen-bond donors (Lipinski definition) is 1. The third-order valence-electron chi connectivity index (χ3n) is 7.88. The third kappa shape index (κ3) is 5.34. The second kappa shape index (κ2) is 10.2. The third-order valence-corrected chi connectivity index (χ3v) is 7.88. The van der Waals surface area contributed by atoms with Gasteiger partial charge in [0.05, 0.1) is 5.52 Å². The maximum atomic E-state index is 15.4. The molecule has 1 N–H and O–H groups in total. The first kappa shape index (κ1) is 26.4. The highest BCUT2D eigenvalue weighted by atomic mass is 19.1. The zero-order valence-corrected chi connectivity index (χ0v) is 22.6. The predicted octanol–water partition coefficient (Wildman–Crippen LogP) is 3.74. The number of nitrogens with zero attached hydrogens (tertiary/aromatic N) is 5. The van der Waals surface area contributed by atoms with Crippen LogP contribution >= 0.6 is 0 Å². The van der Waals surface area contributed by atoms with Gasteiger partial charge < -0.3 is 9.64 Å². The van der Waals surface area contributed by atoms with Gasteiger partial charge in [0.1, 0.15) is 11.4 Å². The lowest BCUT2D eigenvalue weighted by atomic mass is 9.80. The zero-order chi connectivity index (χ0) is 27.2. The molecule has 38 heavy (non-hydrogen) atoms. The summed E-state index contributed by atoms with van der Waals surface area (Å²) in [6.45, 7) is 8.82. The van der Waals surface area contributed by atoms with Gasteiger partial charge >= 0.3 is 12.1 Å². The smallest absolute Gasteiger partial charge is 0.410 e. The summed E-state index contributed by atoms with van der Waals surface area (Å²) in [5.41, 5.74) is 0.963. The number of rotatable bonds is 3. The van der Waals surface area contributed by atoms with Gasteiger partial charge in [-0.05, 0) is 70.1 Å². The van der Waals surface area contributed by atoms with Crippen LogP contribution in [-0.2, 0) is 16.6 Å². The van der Waals surface area contributed by atoms with E-state index >= 15 is 4.39 Å². The number of imide groups is 1. The molecule has 0 spiro atoms. The number of halogens is 1. The normalized spacial score (nSPS) is 23.6. The lowest BCUT2D eigenvalue weighted by molar-refractivity contribution is -0.120. The first-order valence-electron chi connectivity index (χ1n) is 13.5. The van der Waals surface area contributed by atoms with Crippen molar-refractivity contribution in [3.05, 3.63) is 23.5 Å². The van der Waals surface area contributed by atoms with Crippen LogP contribution in [0.4, 0.5) is 19.8 Å². The predicted molar refractivity (Wildman–Crippen MR) is 141 cm³/mol. The zero-order valence-electron chi connectivity index (χ0n) is 22.6. The van der Waals surface area contributed by atoms with Crippen molar-refractivity contribution in [3.63, 3.8) is 0 Å².